The smallest absolute Gasteiger partial charge is 0.213 e. The van der Waals surface area contributed by atoms with Crippen LogP contribution in [0.15, 0.2) is 134 Å². The van der Waals surface area contributed by atoms with Gasteiger partial charge in [-0.3, -0.25) is 0 Å². The molecule has 0 atom stereocenters. The maximum Gasteiger partial charge on any atom is 0.213 e. The number of nitrogens with zero attached hydrogens (tertiary/aromatic N) is 2. The van der Waals surface area contributed by atoms with Crippen LogP contribution in [0.3, 0.4) is 0 Å². The fraction of sp³-hybridized carbons (Fsp3) is 0.0606. The molecular weight excluding hydrogens is 424 g/mol. The molecule has 1 aromatic heterocycles. The molecule has 0 unspecified atom stereocenters. The van der Waals surface area contributed by atoms with Gasteiger partial charge >= 0.3 is 0 Å². The van der Waals surface area contributed by atoms with Gasteiger partial charge in [0.15, 0.2) is 12.7 Å². The number of pyridine rings is 1. The Morgan fingerprint density at radius 3 is 2.17 bits per heavy atom. The van der Waals surface area contributed by atoms with Gasteiger partial charge in [-0.15, -0.1) is 0 Å². The van der Waals surface area contributed by atoms with Gasteiger partial charge in [0.2, 0.25) is 5.52 Å². The predicted octanol–water partition coefficient (Wildman–Crippen LogP) is 7.25. The molecule has 2 nitrogen and oxygen atoms in total. The Bertz CT molecular complexity index is 1530. The fourth-order valence-corrected chi connectivity index (χ4v) is 4.87. The molecule has 1 aliphatic rings. The highest BCUT2D eigenvalue weighted by Gasteiger charge is 2.18. The van der Waals surface area contributed by atoms with E-state index in [1.807, 2.05) is 0 Å². The van der Waals surface area contributed by atoms with Crippen LogP contribution in [0.5, 0.6) is 0 Å². The molecule has 6 rings (SSSR count). The van der Waals surface area contributed by atoms with Crippen molar-refractivity contribution in [2.75, 3.05) is 4.90 Å². The second-order valence-corrected chi connectivity index (χ2v) is 8.95. The Morgan fingerprint density at radius 1 is 0.657 bits per heavy atom. The minimum absolute atomic E-state index is 0.857. The maximum absolute atomic E-state index is 2.33. The lowest BCUT2D eigenvalue weighted by atomic mass is 9.96. The summed E-state index contributed by atoms with van der Waals surface area (Å²) in [5.41, 5.74) is 8.81. The molecule has 0 saturated carbocycles. The summed E-state index contributed by atoms with van der Waals surface area (Å²) < 4.78 is 2.33. The lowest BCUT2D eigenvalue weighted by Crippen LogP contribution is -2.34. The molecule has 2 heterocycles. The number of hydrogen-bond donors (Lipinski definition) is 0. The van der Waals surface area contributed by atoms with E-state index in [4.69, 9.17) is 0 Å². The van der Waals surface area contributed by atoms with Gasteiger partial charge in [-0.25, -0.2) is 0 Å². The van der Waals surface area contributed by atoms with Crippen molar-refractivity contribution in [2.24, 2.45) is 0 Å². The largest absolute Gasteiger partial charge is 0.343 e. The summed E-state index contributed by atoms with van der Waals surface area (Å²) >= 11 is 0. The topological polar surface area (TPSA) is 7.12 Å². The fourth-order valence-electron chi connectivity index (χ4n) is 4.87. The van der Waals surface area contributed by atoms with Crippen molar-refractivity contribution >= 4 is 28.2 Å². The van der Waals surface area contributed by atoms with Gasteiger partial charge < -0.3 is 4.90 Å². The van der Waals surface area contributed by atoms with Crippen LogP contribution >= 0.6 is 0 Å². The molecule has 0 saturated heterocycles. The van der Waals surface area contributed by atoms with Gasteiger partial charge in [0.05, 0.1) is 5.39 Å². The Balaban J connectivity index is 1.38. The first-order valence-electron chi connectivity index (χ1n) is 12.1. The number of anilines is 1. The van der Waals surface area contributed by atoms with E-state index in [9.17, 15) is 0 Å². The molecular formula is C33H27N2+. The van der Waals surface area contributed by atoms with Gasteiger partial charge in [0.25, 0.3) is 0 Å². The molecule has 5 aromatic rings. The summed E-state index contributed by atoms with van der Waals surface area (Å²) in [5, 5.41) is 1.26. The quantitative estimate of drug-likeness (QED) is 0.255. The van der Waals surface area contributed by atoms with Crippen molar-refractivity contribution in [1.82, 2.24) is 0 Å². The number of aromatic nitrogens is 1. The van der Waals surface area contributed by atoms with Crippen LogP contribution in [0.2, 0.25) is 0 Å². The predicted molar refractivity (Wildman–Crippen MR) is 146 cm³/mol. The zero-order valence-electron chi connectivity index (χ0n) is 19.6. The molecule has 0 fully saturated rings. The van der Waals surface area contributed by atoms with E-state index in [1.165, 1.54) is 44.4 Å². The number of benzene rings is 4. The standard InChI is InChI=1S/C33H27N2/c1-3-11-26(12-4-1)24-34-21-19-28(30-15-7-9-17-32(30)34)23-29-20-22-35(25-27-13-5-2-6-14-27)33-18-10-8-16-31(29)33/h1-23H,24-25H2/q+1. The monoisotopic (exact) mass is 451 g/mol. The molecule has 2 heteroatoms. The summed E-state index contributed by atoms with van der Waals surface area (Å²) in [6.07, 6.45) is 8.99. The Hall–Kier alpha value is -4.43. The summed E-state index contributed by atoms with van der Waals surface area (Å²) in [6.45, 7) is 1.71. The van der Waals surface area contributed by atoms with Crippen molar-refractivity contribution in [1.29, 1.82) is 0 Å². The first-order chi connectivity index (χ1) is 17.3. The van der Waals surface area contributed by atoms with Crippen molar-refractivity contribution in [3.63, 3.8) is 0 Å². The highest BCUT2D eigenvalue weighted by molar-refractivity contribution is 5.99. The lowest BCUT2D eigenvalue weighted by Gasteiger charge is -2.28. The second kappa shape index (κ2) is 9.44. The van der Waals surface area contributed by atoms with Gasteiger partial charge in [-0.05, 0) is 41.0 Å². The van der Waals surface area contributed by atoms with Crippen LogP contribution in [0.1, 0.15) is 22.3 Å². The van der Waals surface area contributed by atoms with Crippen LogP contribution in [-0.4, -0.2) is 0 Å². The highest BCUT2D eigenvalue weighted by atomic mass is 15.1. The van der Waals surface area contributed by atoms with Crippen molar-refractivity contribution in [3.05, 3.63) is 156 Å². The normalized spacial score (nSPS) is 13.8. The average molecular weight is 452 g/mol. The average Bonchev–Trinajstić information content (AvgIpc) is 2.92. The lowest BCUT2D eigenvalue weighted by molar-refractivity contribution is -0.662. The number of hydrogen-bond acceptors (Lipinski definition) is 1. The molecule has 0 radical (unpaired) electrons. The molecule has 0 spiro atoms. The van der Waals surface area contributed by atoms with E-state index in [0.717, 1.165) is 13.1 Å². The van der Waals surface area contributed by atoms with Gasteiger partial charge in [-0.1, -0.05) is 91.0 Å². The molecule has 0 amide bonds. The molecule has 0 aliphatic carbocycles. The highest BCUT2D eigenvalue weighted by Crippen LogP contribution is 2.35. The van der Waals surface area contributed by atoms with E-state index in [-0.39, 0.29) is 0 Å². The van der Waals surface area contributed by atoms with Crippen molar-refractivity contribution in [2.45, 2.75) is 13.1 Å². The van der Waals surface area contributed by atoms with Crippen LogP contribution in [0.25, 0.3) is 22.6 Å². The first-order valence-corrected chi connectivity index (χ1v) is 12.1. The summed E-state index contributed by atoms with van der Waals surface area (Å²) in [5.74, 6) is 0. The Labute approximate surface area is 206 Å². The number of rotatable bonds is 5. The van der Waals surface area contributed by atoms with Crippen molar-refractivity contribution in [3.8, 4) is 0 Å². The van der Waals surface area contributed by atoms with Gasteiger partial charge in [0, 0.05) is 41.7 Å². The van der Waals surface area contributed by atoms with Crippen LogP contribution in [0, 0.1) is 0 Å². The van der Waals surface area contributed by atoms with Gasteiger partial charge in [-0.2, -0.15) is 4.57 Å². The molecule has 4 aromatic carbocycles. The van der Waals surface area contributed by atoms with E-state index in [1.54, 1.807) is 0 Å². The molecule has 0 N–H and O–H groups in total. The number of allylic oxidation sites excluding steroid dienone is 2. The second-order valence-electron chi connectivity index (χ2n) is 8.95. The van der Waals surface area contributed by atoms with Crippen LogP contribution < -0.4 is 9.47 Å². The first kappa shape index (κ1) is 21.1. The number of para-hydroxylation sites is 2. The van der Waals surface area contributed by atoms with Crippen LogP contribution in [-0.2, 0) is 13.1 Å². The van der Waals surface area contributed by atoms with E-state index in [2.05, 4.69) is 149 Å². The molecule has 0 bridgehead atoms. The van der Waals surface area contributed by atoms with Gasteiger partial charge in [0.1, 0.15) is 0 Å². The zero-order valence-corrected chi connectivity index (χ0v) is 19.6. The SMILES string of the molecule is C1=CN(Cc2ccccc2)c2ccccc2C1=Cc1cc[n+](Cc2ccccc2)c2ccccc12. The number of fused-ring (bicyclic) bond motifs is 2. The summed E-state index contributed by atoms with van der Waals surface area (Å²) in [6, 6.07) is 40.9. The summed E-state index contributed by atoms with van der Waals surface area (Å²) in [4.78, 5) is 2.33. The summed E-state index contributed by atoms with van der Waals surface area (Å²) in [7, 11) is 0. The van der Waals surface area contributed by atoms with Crippen LogP contribution in [0.4, 0.5) is 5.69 Å². The van der Waals surface area contributed by atoms with E-state index >= 15 is 0 Å². The van der Waals surface area contributed by atoms with Crippen molar-refractivity contribution < 1.29 is 4.57 Å². The van der Waals surface area contributed by atoms with E-state index < -0.39 is 0 Å². The van der Waals surface area contributed by atoms with E-state index in [0.29, 0.717) is 0 Å². The Morgan fingerprint density at radius 2 is 1.34 bits per heavy atom. The zero-order chi connectivity index (χ0) is 23.5. The third kappa shape index (κ3) is 4.39. The minimum atomic E-state index is 0.857. The Kier molecular flexibility index (Phi) is 5.70. The molecule has 35 heavy (non-hydrogen) atoms. The minimum Gasteiger partial charge on any atom is -0.343 e. The third-order valence-corrected chi connectivity index (χ3v) is 6.62. The molecule has 1 aliphatic heterocycles. The molecule has 168 valence electrons. The maximum atomic E-state index is 2.33. The third-order valence-electron chi connectivity index (χ3n) is 6.62.